The largest absolute Gasteiger partial charge is 0.493 e. The number of amides is 1. The van der Waals surface area contributed by atoms with Crippen molar-refractivity contribution in [3.8, 4) is 11.5 Å². The van der Waals surface area contributed by atoms with Crippen LogP contribution in [0.4, 0.5) is 5.69 Å². The van der Waals surface area contributed by atoms with Crippen molar-refractivity contribution in [3.63, 3.8) is 0 Å². The van der Waals surface area contributed by atoms with Gasteiger partial charge in [0.25, 0.3) is 5.91 Å². The van der Waals surface area contributed by atoms with Crippen molar-refractivity contribution in [3.05, 3.63) is 89.0 Å². The van der Waals surface area contributed by atoms with Crippen LogP contribution < -0.4 is 14.8 Å². The molecule has 1 amide bonds. The molecule has 0 fully saturated rings. The number of benzene rings is 3. The van der Waals surface area contributed by atoms with Crippen LogP contribution in [0.2, 0.25) is 0 Å². The summed E-state index contributed by atoms with van der Waals surface area (Å²) in [6.07, 6.45) is 0. The van der Waals surface area contributed by atoms with Gasteiger partial charge in [0, 0.05) is 16.8 Å². The molecule has 0 heterocycles. The quantitative estimate of drug-likeness (QED) is 0.477. The van der Waals surface area contributed by atoms with E-state index in [2.05, 4.69) is 25.2 Å². The number of carbonyl (C=O) groups excluding carboxylic acids is 1. The summed E-state index contributed by atoms with van der Waals surface area (Å²) in [5, 5.41) is 2.95. The monoisotopic (exact) mass is 403 g/mol. The molecule has 0 saturated carbocycles. The molecule has 4 heteroatoms. The van der Waals surface area contributed by atoms with Crippen LogP contribution in [-0.2, 0) is 6.61 Å². The van der Waals surface area contributed by atoms with Gasteiger partial charge in [-0.15, -0.1) is 0 Å². The lowest BCUT2D eigenvalue weighted by atomic mass is 10.0. The van der Waals surface area contributed by atoms with Crippen molar-refractivity contribution in [1.82, 2.24) is 0 Å². The first kappa shape index (κ1) is 21.4. The summed E-state index contributed by atoms with van der Waals surface area (Å²) in [6, 6.07) is 21.2. The Bertz CT molecular complexity index is 1010. The highest BCUT2D eigenvalue weighted by molar-refractivity contribution is 6.04. The smallest absolute Gasteiger partial charge is 0.255 e. The van der Waals surface area contributed by atoms with E-state index in [1.807, 2.05) is 68.4 Å². The first-order chi connectivity index (χ1) is 14.5. The third-order valence-corrected chi connectivity index (χ3v) is 4.82. The number of aryl methyl sites for hydroxylation is 1. The van der Waals surface area contributed by atoms with Gasteiger partial charge in [0.15, 0.2) is 0 Å². The average Bonchev–Trinajstić information content (AvgIpc) is 2.73. The average molecular weight is 404 g/mol. The Morgan fingerprint density at radius 2 is 1.73 bits per heavy atom. The highest BCUT2D eigenvalue weighted by atomic mass is 16.5. The molecule has 3 aromatic carbocycles. The van der Waals surface area contributed by atoms with Gasteiger partial charge in [-0.1, -0.05) is 44.2 Å². The summed E-state index contributed by atoms with van der Waals surface area (Å²) in [5.74, 6) is 1.78. The van der Waals surface area contributed by atoms with Crippen LogP contribution in [0.5, 0.6) is 11.5 Å². The number of anilines is 1. The number of hydrogen-bond donors (Lipinski definition) is 1. The van der Waals surface area contributed by atoms with Gasteiger partial charge in [-0.3, -0.25) is 4.79 Å². The molecule has 3 rings (SSSR count). The molecule has 3 aromatic rings. The first-order valence-corrected chi connectivity index (χ1v) is 10.3. The molecular formula is C26H29NO3. The van der Waals surface area contributed by atoms with E-state index < -0.39 is 0 Å². The molecule has 0 aliphatic heterocycles. The Hall–Kier alpha value is -3.27. The van der Waals surface area contributed by atoms with E-state index in [4.69, 9.17) is 9.47 Å². The van der Waals surface area contributed by atoms with Crippen LogP contribution in [0.3, 0.4) is 0 Å². The van der Waals surface area contributed by atoms with Crippen molar-refractivity contribution in [1.29, 1.82) is 0 Å². The zero-order chi connectivity index (χ0) is 21.5. The van der Waals surface area contributed by atoms with E-state index in [1.54, 1.807) is 6.07 Å². The Morgan fingerprint density at radius 1 is 0.933 bits per heavy atom. The summed E-state index contributed by atoms with van der Waals surface area (Å²) < 4.78 is 11.9. The molecule has 1 N–H and O–H groups in total. The number of ether oxygens (including phenoxy) is 2. The number of carbonyl (C=O) groups is 1. The zero-order valence-electron chi connectivity index (χ0n) is 18.1. The Labute approximate surface area is 178 Å². The van der Waals surface area contributed by atoms with E-state index in [0.29, 0.717) is 24.7 Å². The van der Waals surface area contributed by atoms with Gasteiger partial charge in [0.1, 0.15) is 18.1 Å². The maximum Gasteiger partial charge on any atom is 0.255 e. The predicted octanol–water partition coefficient (Wildman–Crippen LogP) is 6.35. The minimum atomic E-state index is -0.160. The lowest BCUT2D eigenvalue weighted by molar-refractivity contribution is 0.102. The second-order valence-corrected chi connectivity index (χ2v) is 7.56. The molecule has 0 unspecified atom stereocenters. The van der Waals surface area contributed by atoms with E-state index in [-0.39, 0.29) is 5.91 Å². The van der Waals surface area contributed by atoms with Crippen LogP contribution in [-0.4, -0.2) is 12.5 Å². The molecule has 156 valence electrons. The minimum absolute atomic E-state index is 0.160. The highest BCUT2D eigenvalue weighted by Gasteiger charge is 2.13. The fraction of sp³-hybridized carbons (Fsp3) is 0.269. The predicted molar refractivity (Wildman–Crippen MR) is 122 cm³/mol. The molecule has 0 aliphatic rings. The minimum Gasteiger partial charge on any atom is -0.493 e. The molecule has 0 radical (unpaired) electrons. The molecule has 0 aromatic heterocycles. The van der Waals surface area contributed by atoms with E-state index in [1.165, 1.54) is 0 Å². The van der Waals surface area contributed by atoms with E-state index in [9.17, 15) is 4.79 Å². The molecule has 4 nitrogen and oxygen atoms in total. The van der Waals surface area contributed by atoms with Crippen molar-refractivity contribution in [2.24, 2.45) is 0 Å². The number of nitrogens with one attached hydrogen (secondary N) is 1. The van der Waals surface area contributed by atoms with Crippen LogP contribution >= 0.6 is 0 Å². The van der Waals surface area contributed by atoms with Crippen molar-refractivity contribution < 1.29 is 14.3 Å². The van der Waals surface area contributed by atoms with Gasteiger partial charge in [-0.2, -0.15) is 0 Å². The molecular weight excluding hydrogens is 374 g/mol. The third kappa shape index (κ3) is 5.41. The number of hydrogen-bond acceptors (Lipinski definition) is 3. The molecule has 0 bridgehead atoms. The van der Waals surface area contributed by atoms with Gasteiger partial charge in [-0.25, -0.2) is 0 Å². The van der Waals surface area contributed by atoms with Crippen LogP contribution in [0.25, 0.3) is 0 Å². The summed E-state index contributed by atoms with van der Waals surface area (Å²) >= 11 is 0. The lowest BCUT2D eigenvalue weighted by Gasteiger charge is -2.16. The SMILES string of the molecule is CCOc1ccc(C(=O)Nc2cccc(C)c2)cc1COc1ccccc1C(C)C. The maximum absolute atomic E-state index is 12.8. The van der Waals surface area contributed by atoms with Crippen LogP contribution in [0.15, 0.2) is 66.7 Å². The maximum atomic E-state index is 12.8. The Morgan fingerprint density at radius 3 is 2.47 bits per heavy atom. The van der Waals surface area contributed by atoms with Gasteiger partial charge >= 0.3 is 0 Å². The highest BCUT2D eigenvalue weighted by Crippen LogP contribution is 2.28. The van der Waals surface area contributed by atoms with Crippen molar-refractivity contribution in [2.45, 2.75) is 40.2 Å². The third-order valence-electron chi connectivity index (χ3n) is 4.82. The summed E-state index contributed by atoms with van der Waals surface area (Å²) in [5.41, 5.74) is 4.43. The number of rotatable bonds is 8. The molecule has 30 heavy (non-hydrogen) atoms. The van der Waals surface area contributed by atoms with Crippen LogP contribution in [0, 0.1) is 6.92 Å². The fourth-order valence-corrected chi connectivity index (χ4v) is 3.30. The molecule has 0 spiro atoms. The Kier molecular flexibility index (Phi) is 7.12. The first-order valence-electron chi connectivity index (χ1n) is 10.3. The summed E-state index contributed by atoms with van der Waals surface area (Å²) in [7, 11) is 0. The standard InChI is InChI=1S/C26H29NO3/c1-5-29-24-14-13-20(26(28)27-22-10-8-9-19(4)15-22)16-21(24)17-30-25-12-7-6-11-23(25)18(2)3/h6-16,18H,5,17H2,1-4H3,(H,27,28). The van der Waals surface area contributed by atoms with E-state index >= 15 is 0 Å². The fourth-order valence-electron chi connectivity index (χ4n) is 3.30. The second-order valence-electron chi connectivity index (χ2n) is 7.56. The van der Waals surface area contributed by atoms with Gasteiger partial charge < -0.3 is 14.8 Å². The molecule has 0 aliphatic carbocycles. The Balaban J connectivity index is 1.81. The second kappa shape index (κ2) is 9.97. The van der Waals surface area contributed by atoms with Gasteiger partial charge in [0.2, 0.25) is 0 Å². The van der Waals surface area contributed by atoms with Gasteiger partial charge in [0.05, 0.1) is 6.61 Å². The van der Waals surface area contributed by atoms with E-state index in [0.717, 1.165) is 33.9 Å². The summed E-state index contributed by atoms with van der Waals surface area (Å²) in [6.45, 7) is 9.09. The number of para-hydroxylation sites is 1. The van der Waals surface area contributed by atoms with Crippen LogP contribution in [0.1, 0.15) is 53.7 Å². The van der Waals surface area contributed by atoms with Crippen molar-refractivity contribution in [2.75, 3.05) is 11.9 Å². The zero-order valence-corrected chi connectivity index (χ0v) is 18.1. The van der Waals surface area contributed by atoms with Gasteiger partial charge in [-0.05, 0) is 67.3 Å². The molecule has 0 atom stereocenters. The molecule has 0 saturated heterocycles. The topological polar surface area (TPSA) is 47.6 Å². The lowest BCUT2D eigenvalue weighted by Crippen LogP contribution is -2.13. The summed E-state index contributed by atoms with van der Waals surface area (Å²) in [4.78, 5) is 12.8. The van der Waals surface area contributed by atoms with Crippen molar-refractivity contribution >= 4 is 11.6 Å². The normalized spacial score (nSPS) is 10.7.